The van der Waals surface area contributed by atoms with E-state index in [4.69, 9.17) is 5.73 Å². The lowest BCUT2D eigenvalue weighted by Gasteiger charge is -2.08. The molecule has 0 spiro atoms. The van der Waals surface area contributed by atoms with Gasteiger partial charge in [0.25, 0.3) is 0 Å². The van der Waals surface area contributed by atoms with Crippen LogP contribution in [0, 0.1) is 11.6 Å². The molecular formula is C15H11F2N3O2. The molecule has 2 heterocycles. The Balaban J connectivity index is 2.19. The predicted octanol–water partition coefficient (Wildman–Crippen LogP) is 2.65. The Kier molecular flexibility index (Phi) is 3.25. The number of aromatic nitrogens is 2. The number of ether oxygens (including phenoxy) is 1. The van der Waals surface area contributed by atoms with E-state index in [9.17, 15) is 13.6 Å². The number of benzene rings is 1. The molecule has 0 aliphatic rings. The summed E-state index contributed by atoms with van der Waals surface area (Å²) in [5.41, 5.74) is 5.92. The van der Waals surface area contributed by atoms with Crippen LogP contribution in [0.5, 0.6) is 0 Å². The van der Waals surface area contributed by atoms with Crippen LogP contribution < -0.4 is 5.73 Å². The average Bonchev–Trinajstić information content (AvgIpc) is 2.94. The number of anilines is 1. The van der Waals surface area contributed by atoms with Gasteiger partial charge in [0, 0.05) is 6.20 Å². The fraction of sp³-hybridized carbons (Fsp3) is 0.0667. The Hall–Kier alpha value is -2.96. The highest BCUT2D eigenvalue weighted by Gasteiger charge is 2.17. The molecule has 0 saturated carbocycles. The van der Waals surface area contributed by atoms with E-state index in [-0.39, 0.29) is 17.1 Å². The van der Waals surface area contributed by atoms with Crippen LogP contribution in [-0.2, 0) is 4.74 Å². The standard InChI is InChI=1S/C15H11F2N3O2/c1-22-15(21)14-19-7-9-6-8(4-5-20(9)14)12-10(16)2-3-11(18)13(12)17/h2-7H,18H2,1H3. The number of methoxy groups -OCH3 is 1. The fourth-order valence-electron chi connectivity index (χ4n) is 2.23. The second-order valence-electron chi connectivity index (χ2n) is 4.61. The lowest BCUT2D eigenvalue weighted by atomic mass is 10.0. The number of pyridine rings is 1. The van der Waals surface area contributed by atoms with Gasteiger partial charge in [-0.25, -0.2) is 18.6 Å². The van der Waals surface area contributed by atoms with Crippen LogP contribution in [0.3, 0.4) is 0 Å². The first-order valence-electron chi connectivity index (χ1n) is 6.32. The first-order chi connectivity index (χ1) is 10.5. The summed E-state index contributed by atoms with van der Waals surface area (Å²) < 4.78 is 34.1. The number of hydrogen-bond donors (Lipinski definition) is 1. The van der Waals surface area contributed by atoms with Crippen molar-refractivity contribution in [1.29, 1.82) is 0 Å². The third-order valence-corrected chi connectivity index (χ3v) is 3.31. The van der Waals surface area contributed by atoms with Crippen molar-refractivity contribution in [2.24, 2.45) is 0 Å². The van der Waals surface area contributed by atoms with Crippen molar-refractivity contribution in [3.8, 4) is 11.1 Å². The monoisotopic (exact) mass is 303 g/mol. The van der Waals surface area contributed by atoms with E-state index in [0.29, 0.717) is 11.1 Å². The third kappa shape index (κ3) is 2.07. The molecule has 0 unspecified atom stereocenters. The van der Waals surface area contributed by atoms with Crippen molar-refractivity contribution in [1.82, 2.24) is 9.38 Å². The van der Waals surface area contributed by atoms with E-state index < -0.39 is 17.6 Å². The lowest BCUT2D eigenvalue weighted by Crippen LogP contribution is -2.07. The van der Waals surface area contributed by atoms with Gasteiger partial charge in [-0.3, -0.25) is 4.40 Å². The largest absolute Gasteiger partial charge is 0.463 e. The average molecular weight is 303 g/mol. The highest BCUT2D eigenvalue weighted by Crippen LogP contribution is 2.30. The summed E-state index contributed by atoms with van der Waals surface area (Å²) in [6.45, 7) is 0. The van der Waals surface area contributed by atoms with Gasteiger partial charge in [0.1, 0.15) is 5.82 Å². The van der Waals surface area contributed by atoms with E-state index in [1.807, 2.05) is 0 Å². The molecule has 0 saturated heterocycles. The highest BCUT2D eigenvalue weighted by molar-refractivity contribution is 5.87. The topological polar surface area (TPSA) is 69.6 Å². The Morgan fingerprint density at radius 1 is 1.32 bits per heavy atom. The van der Waals surface area contributed by atoms with E-state index in [2.05, 4.69) is 9.72 Å². The zero-order valence-electron chi connectivity index (χ0n) is 11.5. The summed E-state index contributed by atoms with van der Waals surface area (Å²) in [5, 5.41) is 0. The molecule has 0 amide bonds. The van der Waals surface area contributed by atoms with Gasteiger partial charge in [-0.1, -0.05) is 0 Å². The second kappa shape index (κ2) is 5.10. The molecule has 5 nitrogen and oxygen atoms in total. The summed E-state index contributed by atoms with van der Waals surface area (Å²) in [5.74, 6) is -2.06. The fourth-order valence-corrected chi connectivity index (χ4v) is 2.23. The maximum Gasteiger partial charge on any atom is 0.374 e. The molecule has 2 N–H and O–H groups in total. The van der Waals surface area contributed by atoms with Gasteiger partial charge in [-0.2, -0.15) is 0 Å². The second-order valence-corrected chi connectivity index (χ2v) is 4.61. The number of esters is 1. The molecule has 3 rings (SSSR count). The molecule has 0 aliphatic heterocycles. The zero-order chi connectivity index (χ0) is 15.9. The van der Waals surface area contributed by atoms with Crippen LogP contribution >= 0.6 is 0 Å². The normalized spacial score (nSPS) is 10.9. The number of hydrogen-bond acceptors (Lipinski definition) is 4. The van der Waals surface area contributed by atoms with Crippen molar-refractivity contribution in [2.75, 3.05) is 12.8 Å². The van der Waals surface area contributed by atoms with Gasteiger partial charge in [-0.15, -0.1) is 0 Å². The minimum absolute atomic E-state index is 0.0811. The van der Waals surface area contributed by atoms with Gasteiger partial charge in [0.2, 0.25) is 5.82 Å². The minimum atomic E-state index is -0.822. The summed E-state index contributed by atoms with van der Waals surface area (Å²) in [6.07, 6.45) is 2.91. The Bertz CT molecular complexity index is 890. The molecular weight excluding hydrogens is 292 g/mol. The summed E-state index contributed by atoms with van der Waals surface area (Å²) in [7, 11) is 1.25. The van der Waals surface area contributed by atoms with Crippen LogP contribution in [-0.4, -0.2) is 22.5 Å². The van der Waals surface area contributed by atoms with Crippen molar-refractivity contribution in [3.05, 3.63) is 54.1 Å². The smallest absolute Gasteiger partial charge is 0.374 e. The van der Waals surface area contributed by atoms with Gasteiger partial charge in [0.15, 0.2) is 5.82 Å². The van der Waals surface area contributed by atoms with Crippen molar-refractivity contribution < 1.29 is 18.3 Å². The van der Waals surface area contributed by atoms with E-state index >= 15 is 0 Å². The quantitative estimate of drug-likeness (QED) is 0.583. The Labute approximate surface area is 124 Å². The van der Waals surface area contributed by atoms with E-state index in [1.54, 1.807) is 0 Å². The van der Waals surface area contributed by atoms with Gasteiger partial charge in [-0.05, 0) is 29.8 Å². The van der Waals surface area contributed by atoms with Gasteiger partial charge in [0.05, 0.1) is 30.1 Å². The molecule has 0 atom stereocenters. The van der Waals surface area contributed by atoms with Crippen LogP contribution in [0.4, 0.5) is 14.5 Å². The van der Waals surface area contributed by atoms with Gasteiger partial charge >= 0.3 is 5.97 Å². The molecule has 22 heavy (non-hydrogen) atoms. The van der Waals surface area contributed by atoms with Crippen molar-refractivity contribution in [2.45, 2.75) is 0 Å². The van der Waals surface area contributed by atoms with Gasteiger partial charge < -0.3 is 10.5 Å². The number of halogens is 2. The van der Waals surface area contributed by atoms with E-state index in [1.165, 1.54) is 42.1 Å². The summed E-state index contributed by atoms with van der Waals surface area (Å²) in [4.78, 5) is 15.5. The summed E-state index contributed by atoms with van der Waals surface area (Å²) >= 11 is 0. The molecule has 1 aromatic carbocycles. The number of carbonyl (C=O) groups excluding carboxylic acids is 1. The Morgan fingerprint density at radius 2 is 2.09 bits per heavy atom. The lowest BCUT2D eigenvalue weighted by molar-refractivity contribution is 0.0586. The molecule has 7 heteroatoms. The zero-order valence-corrected chi connectivity index (χ0v) is 11.5. The first-order valence-corrected chi connectivity index (χ1v) is 6.32. The van der Waals surface area contributed by atoms with Crippen molar-refractivity contribution >= 4 is 17.2 Å². The number of carbonyl (C=O) groups is 1. The number of imidazole rings is 1. The molecule has 0 fully saturated rings. The number of nitrogens with zero attached hydrogens (tertiary/aromatic N) is 2. The van der Waals surface area contributed by atoms with E-state index in [0.717, 1.165) is 6.07 Å². The van der Waals surface area contributed by atoms with Crippen molar-refractivity contribution in [3.63, 3.8) is 0 Å². The minimum Gasteiger partial charge on any atom is -0.463 e. The number of nitrogen functional groups attached to an aromatic ring is 1. The molecule has 3 aromatic rings. The highest BCUT2D eigenvalue weighted by atomic mass is 19.1. The van der Waals surface area contributed by atoms with Crippen LogP contribution in [0.1, 0.15) is 10.6 Å². The van der Waals surface area contributed by atoms with Crippen LogP contribution in [0.15, 0.2) is 36.7 Å². The Morgan fingerprint density at radius 3 is 2.82 bits per heavy atom. The maximum absolute atomic E-state index is 14.1. The van der Waals surface area contributed by atoms with Crippen LogP contribution in [0.25, 0.3) is 16.6 Å². The molecule has 2 aromatic heterocycles. The number of rotatable bonds is 2. The van der Waals surface area contributed by atoms with Crippen LogP contribution in [0.2, 0.25) is 0 Å². The molecule has 0 radical (unpaired) electrons. The third-order valence-electron chi connectivity index (χ3n) is 3.31. The SMILES string of the molecule is COC(=O)c1ncc2cc(-c3c(F)ccc(N)c3F)ccn12. The summed E-state index contributed by atoms with van der Waals surface area (Å²) in [6, 6.07) is 5.26. The molecule has 112 valence electrons. The predicted molar refractivity (Wildman–Crippen MR) is 76.3 cm³/mol. The number of nitrogens with two attached hydrogens (primary N) is 1. The maximum atomic E-state index is 14.1. The number of fused-ring (bicyclic) bond motifs is 1. The molecule has 0 aliphatic carbocycles. The first kappa shape index (κ1) is 14.0. The molecule has 0 bridgehead atoms.